The van der Waals surface area contributed by atoms with Gasteiger partial charge in [0.25, 0.3) is 5.09 Å². The quantitative estimate of drug-likeness (QED) is 0.628. The summed E-state index contributed by atoms with van der Waals surface area (Å²) < 4.78 is 37.5. The van der Waals surface area contributed by atoms with E-state index in [2.05, 4.69) is 9.47 Å². The van der Waals surface area contributed by atoms with Crippen LogP contribution in [0.25, 0.3) is 0 Å². The second kappa shape index (κ2) is 3.61. The van der Waals surface area contributed by atoms with Crippen LogP contribution in [0.2, 0.25) is 0 Å². The normalized spacial score (nSPS) is 15.5. The van der Waals surface area contributed by atoms with E-state index in [9.17, 15) is 8.42 Å². The first-order chi connectivity index (χ1) is 4.61. The molecule has 0 aromatic heterocycles. The van der Waals surface area contributed by atoms with E-state index in [0.717, 1.165) is 18.8 Å². The molecule has 5 nitrogen and oxygen atoms in total. The first-order valence-electron chi connectivity index (χ1n) is 2.25. The molecular formula is C4H5ClO5S. The maximum Gasteiger partial charge on any atom is 0.331 e. The van der Waals surface area contributed by atoms with E-state index >= 15 is 0 Å². The summed E-state index contributed by atoms with van der Waals surface area (Å²) in [5.41, 5.74) is 0. The van der Waals surface area contributed by atoms with Crippen molar-refractivity contribution in [3.8, 4) is 0 Å². The summed E-state index contributed by atoms with van der Waals surface area (Å²) in [6.45, 7) is 0. The zero-order valence-electron chi connectivity index (χ0n) is 5.13. The molecule has 0 amide bonds. The fraction of sp³-hybridized carbons (Fsp3) is 0. The first kappa shape index (κ1) is 10.3. The van der Waals surface area contributed by atoms with Gasteiger partial charge in [0.15, 0.2) is 0 Å². The Kier molecular flexibility index (Phi) is 3.37. The molecule has 1 aliphatic heterocycles. The lowest BCUT2D eigenvalue weighted by atomic mass is 10.9. The molecule has 1 aliphatic rings. The summed E-state index contributed by atoms with van der Waals surface area (Å²) in [6, 6.07) is 0. The van der Waals surface area contributed by atoms with Gasteiger partial charge < -0.3 is 9.47 Å². The highest BCUT2D eigenvalue weighted by Crippen LogP contribution is 2.10. The minimum atomic E-state index is -4.26. The van der Waals surface area contributed by atoms with Crippen LogP contribution in [0.5, 0.6) is 0 Å². The van der Waals surface area contributed by atoms with Gasteiger partial charge in [-0.05, 0) is 0 Å². The van der Waals surface area contributed by atoms with Gasteiger partial charge in [0.1, 0.15) is 18.8 Å². The average Bonchev–Trinajstić information content (AvgIpc) is 1.88. The highest BCUT2D eigenvalue weighted by molar-refractivity contribution is 7.89. The zero-order valence-corrected chi connectivity index (χ0v) is 6.76. The van der Waals surface area contributed by atoms with Crippen LogP contribution in [-0.2, 0) is 19.6 Å². The van der Waals surface area contributed by atoms with Crippen LogP contribution >= 0.6 is 12.4 Å². The van der Waals surface area contributed by atoms with Crippen LogP contribution in [0.1, 0.15) is 0 Å². The van der Waals surface area contributed by atoms with Crippen LogP contribution < -0.4 is 0 Å². The molecule has 0 radical (unpaired) electrons. The maximum absolute atomic E-state index is 10.2. The van der Waals surface area contributed by atoms with Crippen molar-refractivity contribution in [2.45, 2.75) is 0 Å². The molecule has 1 N–H and O–H groups in total. The van der Waals surface area contributed by atoms with E-state index in [0.29, 0.717) is 0 Å². The molecule has 0 spiro atoms. The van der Waals surface area contributed by atoms with Crippen LogP contribution in [0.3, 0.4) is 0 Å². The van der Waals surface area contributed by atoms with E-state index in [-0.39, 0.29) is 12.4 Å². The molecule has 0 fully saturated rings. The molecule has 0 saturated carbocycles. The molecule has 0 saturated heterocycles. The number of ether oxygens (including phenoxy) is 2. The van der Waals surface area contributed by atoms with Gasteiger partial charge in [-0.25, -0.2) is 0 Å². The summed E-state index contributed by atoms with van der Waals surface area (Å²) in [5.74, 6) is 0. The van der Waals surface area contributed by atoms with E-state index in [4.69, 9.17) is 4.55 Å². The van der Waals surface area contributed by atoms with Crippen molar-refractivity contribution in [1.29, 1.82) is 0 Å². The third kappa shape index (κ3) is 2.79. The van der Waals surface area contributed by atoms with Gasteiger partial charge in [-0.3, -0.25) is 4.55 Å². The van der Waals surface area contributed by atoms with Crippen LogP contribution in [0.15, 0.2) is 23.9 Å². The molecule has 0 aromatic rings. The lowest BCUT2D eigenvalue weighted by Crippen LogP contribution is -2.05. The lowest BCUT2D eigenvalue weighted by Gasteiger charge is -2.04. The Hall–Kier alpha value is -0.720. The van der Waals surface area contributed by atoms with Gasteiger partial charge in [0.05, 0.1) is 0 Å². The van der Waals surface area contributed by atoms with E-state index in [1.54, 1.807) is 0 Å². The van der Waals surface area contributed by atoms with Crippen molar-refractivity contribution in [3.05, 3.63) is 23.9 Å². The Bertz CT molecular complexity index is 277. The monoisotopic (exact) mass is 200 g/mol. The third-order valence-corrected chi connectivity index (χ3v) is 1.44. The molecule has 0 aromatic carbocycles. The second-order valence-electron chi connectivity index (χ2n) is 1.44. The second-order valence-corrected chi connectivity index (χ2v) is 2.79. The SMILES string of the molecule is Cl.O=S(=O)(O)C1=COC=CO1. The number of hydrogen-bond acceptors (Lipinski definition) is 4. The Morgan fingerprint density at radius 1 is 1.36 bits per heavy atom. The third-order valence-electron chi connectivity index (χ3n) is 0.737. The fourth-order valence-corrected chi connectivity index (χ4v) is 0.725. The minimum absolute atomic E-state index is 0. The molecule has 11 heavy (non-hydrogen) atoms. The molecule has 0 bridgehead atoms. The molecule has 1 rings (SSSR count). The van der Waals surface area contributed by atoms with Crippen molar-refractivity contribution in [3.63, 3.8) is 0 Å². The molecule has 0 atom stereocenters. The van der Waals surface area contributed by atoms with Gasteiger partial charge in [0.2, 0.25) is 0 Å². The van der Waals surface area contributed by atoms with E-state index in [1.165, 1.54) is 0 Å². The van der Waals surface area contributed by atoms with Gasteiger partial charge in [0, 0.05) is 0 Å². The Balaban J connectivity index is 0.000001000. The highest BCUT2D eigenvalue weighted by atomic mass is 35.5. The number of hydrogen-bond donors (Lipinski definition) is 1. The smallest absolute Gasteiger partial charge is 0.331 e. The summed E-state index contributed by atoms with van der Waals surface area (Å²) in [4.78, 5) is 0. The molecule has 0 unspecified atom stereocenters. The minimum Gasteiger partial charge on any atom is -0.465 e. The van der Waals surface area contributed by atoms with Crippen LogP contribution in [0, 0.1) is 0 Å². The van der Waals surface area contributed by atoms with Crippen molar-refractivity contribution in [1.82, 2.24) is 0 Å². The highest BCUT2D eigenvalue weighted by Gasteiger charge is 2.16. The first-order valence-corrected chi connectivity index (χ1v) is 3.69. The average molecular weight is 201 g/mol. The van der Waals surface area contributed by atoms with Crippen molar-refractivity contribution in [2.24, 2.45) is 0 Å². The van der Waals surface area contributed by atoms with Gasteiger partial charge in [-0.1, -0.05) is 0 Å². The van der Waals surface area contributed by atoms with Crippen molar-refractivity contribution in [2.75, 3.05) is 0 Å². The Morgan fingerprint density at radius 2 is 2.00 bits per heavy atom. The number of rotatable bonds is 1. The molecule has 64 valence electrons. The summed E-state index contributed by atoms with van der Waals surface area (Å²) in [6.07, 6.45) is 2.92. The van der Waals surface area contributed by atoms with Crippen LogP contribution in [-0.4, -0.2) is 13.0 Å². The van der Waals surface area contributed by atoms with Crippen molar-refractivity contribution < 1.29 is 22.4 Å². The molecule has 0 aliphatic carbocycles. The zero-order chi connectivity index (χ0) is 7.61. The topological polar surface area (TPSA) is 72.8 Å². The van der Waals surface area contributed by atoms with Gasteiger partial charge >= 0.3 is 10.1 Å². The molecular weight excluding hydrogens is 196 g/mol. The van der Waals surface area contributed by atoms with Gasteiger partial charge in [-0.2, -0.15) is 8.42 Å². The van der Waals surface area contributed by atoms with E-state index in [1.807, 2.05) is 0 Å². The van der Waals surface area contributed by atoms with E-state index < -0.39 is 15.2 Å². The Labute approximate surface area is 69.5 Å². The predicted octanol–water partition coefficient (Wildman–Crippen LogP) is 0.613. The summed E-state index contributed by atoms with van der Waals surface area (Å²) >= 11 is 0. The lowest BCUT2D eigenvalue weighted by molar-refractivity contribution is 0.270. The molecule has 1 heterocycles. The Morgan fingerprint density at radius 3 is 2.27 bits per heavy atom. The van der Waals surface area contributed by atoms with Crippen molar-refractivity contribution >= 4 is 22.5 Å². The summed E-state index contributed by atoms with van der Waals surface area (Å²) in [7, 11) is -4.26. The summed E-state index contributed by atoms with van der Waals surface area (Å²) in [5, 5.41) is -0.616. The number of halogens is 1. The molecule has 7 heteroatoms. The van der Waals surface area contributed by atoms with Gasteiger partial charge in [-0.15, -0.1) is 12.4 Å². The van der Waals surface area contributed by atoms with Crippen LogP contribution in [0.4, 0.5) is 0 Å². The fourth-order valence-electron chi connectivity index (χ4n) is 0.371. The maximum atomic E-state index is 10.2. The largest absolute Gasteiger partial charge is 0.465 e. The standard InChI is InChI=1S/C4H4O5S.ClH/c5-10(6,7)4-3-8-1-2-9-4;/h1-3H,(H,5,6,7);1H. The predicted molar refractivity (Wildman–Crippen MR) is 38.2 cm³/mol.